The molecule has 2 aromatic rings. The summed E-state index contributed by atoms with van der Waals surface area (Å²) in [6, 6.07) is 4.20. The smallest absolute Gasteiger partial charge is 0.339 e. The average molecular weight is 298 g/mol. The van der Waals surface area contributed by atoms with Gasteiger partial charge in [-0.2, -0.15) is 8.78 Å². The van der Waals surface area contributed by atoms with Crippen molar-refractivity contribution >= 4 is 5.97 Å². The quantitative estimate of drug-likeness (QED) is 0.887. The van der Waals surface area contributed by atoms with Gasteiger partial charge in [-0.25, -0.2) is 9.78 Å². The van der Waals surface area contributed by atoms with Gasteiger partial charge in [0.15, 0.2) is 5.82 Å². The number of alkyl halides is 2. The number of carboxylic acids is 1. The van der Waals surface area contributed by atoms with Crippen LogP contribution in [-0.2, 0) is 6.61 Å². The van der Waals surface area contributed by atoms with Gasteiger partial charge in [0.2, 0.25) is 0 Å². The first-order chi connectivity index (χ1) is 10.0. The van der Waals surface area contributed by atoms with E-state index in [0.29, 0.717) is 10.3 Å². The molecule has 0 aliphatic heterocycles. The van der Waals surface area contributed by atoms with Crippen molar-refractivity contribution in [2.75, 3.05) is 7.11 Å². The van der Waals surface area contributed by atoms with Gasteiger partial charge in [0.1, 0.15) is 23.7 Å². The van der Waals surface area contributed by atoms with Crippen LogP contribution in [-0.4, -0.2) is 27.7 Å². The van der Waals surface area contributed by atoms with Gasteiger partial charge in [-0.1, -0.05) is 0 Å². The molecule has 0 bridgehead atoms. The summed E-state index contributed by atoms with van der Waals surface area (Å²) in [5.74, 6) is -0.806. The summed E-state index contributed by atoms with van der Waals surface area (Å²) >= 11 is 0. The Labute approximate surface area is 118 Å². The summed E-state index contributed by atoms with van der Waals surface area (Å²) < 4.78 is 36.1. The van der Waals surface area contributed by atoms with Gasteiger partial charge in [-0.15, -0.1) is 0 Å². The van der Waals surface area contributed by atoms with Crippen LogP contribution in [0.4, 0.5) is 8.78 Å². The minimum Gasteiger partial charge on any atom is -0.497 e. The molecule has 112 valence electrons. The minimum atomic E-state index is -2.74. The van der Waals surface area contributed by atoms with Gasteiger partial charge in [0, 0.05) is 12.4 Å². The van der Waals surface area contributed by atoms with Crippen LogP contribution in [0.5, 0.6) is 11.5 Å². The molecule has 0 saturated carbocycles. The van der Waals surface area contributed by atoms with Crippen LogP contribution >= 0.6 is 0 Å². The van der Waals surface area contributed by atoms with E-state index in [9.17, 15) is 13.6 Å². The van der Waals surface area contributed by atoms with Gasteiger partial charge in [-0.3, -0.25) is 4.57 Å². The number of halogens is 2. The van der Waals surface area contributed by atoms with Crippen molar-refractivity contribution in [3.05, 3.63) is 42.0 Å². The van der Waals surface area contributed by atoms with Crippen molar-refractivity contribution in [2.24, 2.45) is 0 Å². The third-order valence-corrected chi connectivity index (χ3v) is 2.73. The van der Waals surface area contributed by atoms with Crippen molar-refractivity contribution in [2.45, 2.75) is 13.2 Å². The summed E-state index contributed by atoms with van der Waals surface area (Å²) in [5.41, 5.74) is -0.121. The number of aromatic carboxylic acids is 1. The second kappa shape index (κ2) is 6.21. The second-order valence-electron chi connectivity index (χ2n) is 3.98. The maximum absolute atomic E-state index is 12.6. The van der Waals surface area contributed by atoms with Crippen molar-refractivity contribution in [3.63, 3.8) is 0 Å². The normalized spacial score (nSPS) is 10.7. The molecular formula is C13H12F2N2O4. The molecule has 8 heteroatoms. The Morgan fingerprint density at radius 2 is 2.24 bits per heavy atom. The Bertz CT molecular complexity index is 643. The molecule has 2 rings (SSSR count). The number of ether oxygens (including phenoxy) is 2. The van der Waals surface area contributed by atoms with Crippen molar-refractivity contribution in [1.82, 2.24) is 9.55 Å². The number of hydrogen-bond donors (Lipinski definition) is 1. The number of methoxy groups -OCH3 is 1. The topological polar surface area (TPSA) is 73.6 Å². The van der Waals surface area contributed by atoms with Crippen LogP contribution in [0.3, 0.4) is 0 Å². The fourth-order valence-electron chi connectivity index (χ4n) is 1.70. The Hall–Kier alpha value is -2.64. The number of hydrogen-bond acceptors (Lipinski definition) is 4. The van der Waals surface area contributed by atoms with Gasteiger partial charge in [0.25, 0.3) is 0 Å². The number of rotatable bonds is 6. The van der Waals surface area contributed by atoms with Crippen LogP contribution in [0.2, 0.25) is 0 Å². The predicted octanol–water partition coefficient (Wildman–Crippen LogP) is 2.56. The van der Waals surface area contributed by atoms with Crippen molar-refractivity contribution in [3.8, 4) is 11.5 Å². The van der Waals surface area contributed by atoms with Crippen LogP contribution < -0.4 is 9.47 Å². The highest BCUT2D eigenvalue weighted by Crippen LogP contribution is 2.25. The lowest BCUT2D eigenvalue weighted by Gasteiger charge is -2.11. The monoisotopic (exact) mass is 298 g/mol. The van der Waals surface area contributed by atoms with E-state index in [2.05, 4.69) is 4.98 Å². The first-order valence-corrected chi connectivity index (χ1v) is 5.87. The number of imidazole rings is 1. The Morgan fingerprint density at radius 1 is 1.48 bits per heavy atom. The lowest BCUT2D eigenvalue weighted by atomic mass is 10.2. The molecule has 0 fully saturated rings. The first kappa shape index (κ1) is 14.8. The average Bonchev–Trinajstić information content (AvgIpc) is 2.93. The lowest BCUT2D eigenvalue weighted by Crippen LogP contribution is -2.09. The highest BCUT2D eigenvalue weighted by molar-refractivity contribution is 5.91. The molecule has 0 unspecified atom stereocenters. The minimum absolute atomic E-state index is 0.00263. The van der Waals surface area contributed by atoms with E-state index in [1.165, 1.54) is 31.5 Å². The summed E-state index contributed by atoms with van der Waals surface area (Å²) in [6.45, 7) is -3.01. The zero-order valence-corrected chi connectivity index (χ0v) is 11.0. The van der Waals surface area contributed by atoms with Crippen LogP contribution in [0.25, 0.3) is 0 Å². The predicted molar refractivity (Wildman–Crippen MR) is 67.8 cm³/mol. The van der Waals surface area contributed by atoms with Crippen LogP contribution in [0.1, 0.15) is 22.7 Å². The standard InChI is InChI=1S/C13H12F2N2O4/c1-20-8-2-3-10(9(6-8)12(18)19)21-7-11-16-4-5-17(11)13(14)15/h2-6,13H,7H2,1H3,(H,18,19). The fraction of sp³-hybridized carbons (Fsp3) is 0.231. The number of aromatic nitrogens is 2. The SMILES string of the molecule is COc1ccc(OCc2nccn2C(F)F)c(C(=O)O)c1. The first-order valence-electron chi connectivity index (χ1n) is 5.87. The van der Waals surface area contributed by atoms with Crippen molar-refractivity contribution < 1.29 is 28.2 Å². The van der Waals surface area contributed by atoms with E-state index in [1.54, 1.807) is 0 Å². The van der Waals surface area contributed by atoms with E-state index in [0.717, 1.165) is 6.20 Å². The molecule has 1 heterocycles. The molecule has 1 N–H and O–H groups in total. The van der Waals surface area contributed by atoms with Gasteiger partial charge < -0.3 is 14.6 Å². The van der Waals surface area contributed by atoms with E-state index in [4.69, 9.17) is 14.6 Å². The molecule has 6 nitrogen and oxygen atoms in total. The molecule has 1 aromatic carbocycles. The van der Waals surface area contributed by atoms with Crippen molar-refractivity contribution in [1.29, 1.82) is 0 Å². The molecule has 0 aliphatic carbocycles. The summed E-state index contributed by atoms with van der Waals surface area (Å²) in [5, 5.41) is 9.11. The number of nitrogens with zero attached hydrogens (tertiary/aromatic N) is 2. The summed E-state index contributed by atoms with van der Waals surface area (Å²) in [4.78, 5) is 14.9. The second-order valence-corrected chi connectivity index (χ2v) is 3.98. The number of benzene rings is 1. The van der Waals surface area contributed by atoms with E-state index >= 15 is 0 Å². The zero-order valence-electron chi connectivity index (χ0n) is 11.0. The lowest BCUT2D eigenvalue weighted by molar-refractivity contribution is 0.0623. The zero-order chi connectivity index (χ0) is 15.4. The largest absolute Gasteiger partial charge is 0.497 e. The maximum Gasteiger partial charge on any atom is 0.339 e. The maximum atomic E-state index is 12.6. The summed E-state index contributed by atoms with van der Waals surface area (Å²) in [7, 11) is 1.40. The van der Waals surface area contributed by atoms with E-state index < -0.39 is 12.5 Å². The molecule has 0 spiro atoms. The van der Waals surface area contributed by atoms with E-state index in [1.807, 2.05) is 0 Å². The third-order valence-electron chi connectivity index (χ3n) is 2.73. The molecule has 0 amide bonds. The highest BCUT2D eigenvalue weighted by atomic mass is 19.3. The molecule has 0 atom stereocenters. The fourth-order valence-corrected chi connectivity index (χ4v) is 1.70. The molecular weight excluding hydrogens is 286 g/mol. The number of carboxylic acid groups (broad SMARTS) is 1. The molecule has 0 saturated heterocycles. The molecule has 1 aromatic heterocycles. The molecule has 0 radical (unpaired) electrons. The Morgan fingerprint density at radius 3 is 2.86 bits per heavy atom. The highest BCUT2D eigenvalue weighted by Gasteiger charge is 2.16. The van der Waals surface area contributed by atoms with Crippen LogP contribution in [0, 0.1) is 0 Å². The van der Waals surface area contributed by atoms with E-state index in [-0.39, 0.29) is 23.7 Å². The number of carbonyl (C=O) groups is 1. The summed E-state index contributed by atoms with van der Waals surface area (Å²) in [6.07, 6.45) is 2.34. The molecule has 21 heavy (non-hydrogen) atoms. The van der Waals surface area contributed by atoms with Gasteiger partial charge in [-0.05, 0) is 18.2 Å². The Balaban J connectivity index is 2.20. The van der Waals surface area contributed by atoms with Gasteiger partial charge >= 0.3 is 12.5 Å². The van der Waals surface area contributed by atoms with Crippen LogP contribution in [0.15, 0.2) is 30.6 Å². The Kier molecular flexibility index (Phi) is 4.36. The third kappa shape index (κ3) is 3.28. The molecule has 0 aliphatic rings. The van der Waals surface area contributed by atoms with Gasteiger partial charge in [0.05, 0.1) is 7.11 Å².